The number of aromatic nitrogens is 1. The number of likely N-dealkylation sites (tertiary alicyclic amines) is 1. The third kappa shape index (κ3) is 3.48. The number of hydrogen-bond donors (Lipinski definition) is 1. The summed E-state index contributed by atoms with van der Waals surface area (Å²) in [6, 6.07) is 2.25. The Morgan fingerprint density at radius 2 is 2.00 bits per heavy atom. The van der Waals surface area contributed by atoms with Crippen LogP contribution in [0.3, 0.4) is 0 Å². The van der Waals surface area contributed by atoms with Crippen LogP contribution in [0.2, 0.25) is 10.0 Å². The predicted molar refractivity (Wildman–Crippen MR) is 87.3 cm³/mol. The summed E-state index contributed by atoms with van der Waals surface area (Å²) in [7, 11) is 4.22. The molecule has 1 saturated heterocycles. The molecule has 0 aliphatic carbocycles. The van der Waals surface area contributed by atoms with Gasteiger partial charge in [0.25, 0.3) is 0 Å². The number of pyridine rings is 1. The molecule has 6 heteroatoms. The minimum Gasteiger partial charge on any atom is -0.369 e. The van der Waals surface area contributed by atoms with Gasteiger partial charge < -0.3 is 15.1 Å². The van der Waals surface area contributed by atoms with E-state index < -0.39 is 0 Å². The molecule has 1 aliphatic heterocycles. The van der Waals surface area contributed by atoms with Gasteiger partial charge in [0.15, 0.2) is 0 Å². The van der Waals surface area contributed by atoms with Crippen molar-refractivity contribution in [3.8, 4) is 0 Å². The zero-order valence-electron chi connectivity index (χ0n) is 12.3. The Morgan fingerprint density at radius 1 is 1.35 bits per heavy atom. The van der Waals surface area contributed by atoms with E-state index >= 15 is 0 Å². The summed E-state index contributed by atoms with van der Waals surface area (Å²) in [4.78, 5) is 9.13. The standard InChI is InChI=1S/C14H22Cl2N4/c1-4-17-13-11(15)9-12(16)14(18-13)20(3)10-5-7-19(2)8-6-10/h9-10H,4-8H2,1-3H3,(H,17,18). The van der Waals surface area contributed by atoms with Gasteiger partial charge in [-0.15, -0.1) is 0 Å². The largest absolute Gasteiger partial charge is 0.369 e. The molecule has 0 amide bonds. The van der Waals surface area contributed by atoms with Gasteiger partial charge in [0.2, 0.25) is 0 Å². The highest BCUT2D eigenvalue weighted by molar-refractivity contribution is 6.37. The molecule has 0 bridgehead atoms. The van der Waals surface area contributed by atoms with E-state index in [1.165, 1.54) is 0 Å². The zero-order chi connectivity index (χ0) is 14.7. The van der Waals surface area contributed by atoms with Crippen LogP contribution in [0, 0.1) is 0 Å². The van der Waals surface area contributed by atoms with Crippen LogP contribution in [-0.2, 0) is 0 Å². The normalized spacial score (nSPS) is 17.2. The van der Waals surface area contributed by atoms with Gasteiger partial charge in [-0.05, 0) is 46.0 Å². The maximum atomic E-state index is 6.32. The molecular formula is C14H22Cl2N4. The maximum Gasteiger partial charge on any atom is 0.149 e. The molecule has 2 rings (SSSR count). The summed E-state index contributed by atoms with van der Waals surface area (Å²) in [6.07, 6.45) is 2.26. The summed E-state index contributed by atoms with van der Waals surface area (Å²) in [6.45, 7) is 5.03. The minimum atomic E-state index is 0.479. The zero-order valence-corrected chi connectivity index (χ0v) is 13.8. The molecule has 20 heavy (non-hydrogen) atoms. The van der Waals surface area contributed by atoms with Gasteiger partial charge in [-0.2, -0.15) is 0 Å². The van der Waals surface area contributed by atoms with Gasteiger partial charge in [0.05, 0.1) is 10.0 Å². The average molecular weight is 317 g/mol. The number of anilines is 2. The van der Waals surface area contributed by atoms with Crippen LogP contribution in [0.4, 0.5) is 11.6 Å². The van der Waals surface area contributed by atoms with E-state index in [1.54, 1.807) is 6.07 Å². The van der Waals surface area contributed by atoms with Gasteiger partial charge >= 0.3 is 0 Å². The van der Waals surface area contributed by atoms with E-state index in [4.69, 9.17) is 23.2 Å². The highest BCUT2D eigenvalue weighted by atomic mass is 35.5. The van der Waals surface area contributed by atoms with Crippen molar-refractivity contribution in [2.75, 3.05) is 43.9 Å². The summed E-state index contributed by atoms with van der Waals surface area (Å²) >= 11 is 12.5. The van der Waals surface area contributed by atoms with Crippen LogP contribution in [0.25, 0.3) is 0 Å². The van der Waals surface area contributed by atoms with Gasteiger partial charge in [-0.1, -0.05) is 23.2 Å². The van der Waals surface area contributed by atoms with Crippen LogP contribution in [0.15, 0.2) is 6.07 Å². The third-order valence-electron chi connectivity index (χ3n) is 3.83. The number of rotatable bonds is 4. The third-order valence-corrected chi connectivity index (χ3v) is 4.39. The second-order valence-corrected chi connectivity index (χ2v) is 6.11. The van der Waals surface area contributed by atoms with Gasteiger partial charge in [-0.25, -0.2) is 4.98 Å². The Kier molecular flexibility index (Phi) is 5.35. The molecule has 4 nitrogen and oxygen atoms in total. The molecule has 0 saturated carbocycles. The smallest absolute Gasteiger partial charge is 0.149 e. The first-order valence-electron chi connectivity index (χ1n) is 7.04. The van der Waals surface area contributed by atoms with Crippen LogP contribution >= 0.6 is 23.2 Å². The highest BCUT2D eigenvalue weighted by Gasteiger charge is 2.23. The minimum absolute atomic E-state index is 0.479. The van der Waals surface area contributed by atoms with Crippen molar-refractivity contribution in [1.82, 2.24) is 9.88 Å². The highest BCUT2D eigenvalue weighted by Crippen LogP contribution is 2.33. The quantitative estimate of drug-likeness (QED) is 0.923. The molecule has 0 unspecified atom stereocenters. The number of nitrogens with one attached hydrogen (secondary N) is 1. The van der Waals surface area contributed by atoms with Crippen LogP contribution in [0.1, 0.15) is 19.8 Å². The molecule has 1 aliphatic rings. The maximum absolute atomic E-state index is 6.32. The predicted octanol–water partition coefficient (Wildman–Crippen LogP) is 3.35. The molecule has 1 N–H and O–H groups in total. The molecular weight excluding hydrogens is 295 g/mol. The molecule has 0 atom stereocenters. The lowest BCUT2D eigenvalue weighted by atomic mass is 10.0. The van der Waals surface area contributed by atoms with Crippen molar-refractivity contribution in [2.24, 2.45) is 0 Å². The van der Waals surface area contributed by atoms with Crippen molar-refractivity contribution < 1.29 is 0 Å². The van der Waals surface area contributed by atoms with Crippen LogP contribution < -0.4 is 10.2 Å². The van der Waals surface area contributed by atoms with E-state index in [-0.39, 0.29) is 0 Å². The second-order valence-electron chi connectivity index (χ2n) is 5.30. The number of halogens is 2. The van der Waals surface area contributed by atoms with Crippen LogP contribution in [-0.4, -0.2) is 49.7 Å². The van der Waals surface area contributed by atoms with E-state index in [9.17, 15) is 0 Å². The van der Waals surface area contributed by atoms with Crippen molar-refractivity contribution in [3.05, 3.63) is 16.1 Å². The monoisotopic (exact) mass is 316 g/mol. The first-order chi connectivity index (χ1) is 9.52. The average Bonchev–Trinajstić information content (AvgIpc) is 2.42. The number of piperidine rings is 1. The molecule has 0 aromatic carbocycles. The molecule has 112 valence electrons. The lowest BCUT2D eigenvalue weighted by molar-refractivity contribution is 0.252. The van der Waals surface area contributed by atoms with E-state index in [0.29, 0.717) is 21.9 Å². The van der Waals surface area contributed by atoms with E-state index in [2.05, 4.69) is 34.2 Å². The molecule has 2 heterocycles. The lowest BCUT2D eigenvalue weighted by Crippen LogP contribution is -2.42. The number of nitrogens with zero attached hydrogens (tertiary/aromatic N) is 3. The summed E-state index contributed by atoms with van der Waals surface area (Å²) in [5.41, 5.74) is 0. The Balaban J connectivity index is 2.20. The Bertz CT molecular complexity index is 459. The first-order valence-corrected chi connectivity index (χ1v) is 7.79. The van der Waals surface area contributed by atoms with E-state index in [0.717, 1.165) is 38.3 Å². The molecule has 1 fully saturated rings. The first kappa shape index (κ1) is 15.7. The molecule has 1 aromatic rings. The van der Waals surface area contributed by atoms with Crippen molar-refractivity contribution >= 4 is 34.8 Å². The fraction of sp³-hybridized carbons (Fsp3) is 0.643. The Labute approximate surface area is 131 Å². The fourth-order valence-electron chi connectivity index (χ4n) is 2.55. The van der Waals surface area contributed by atoms with E-state index in [1.807, 2.05) is 6.92 Å². The molecule has 0 spiro atoms. The topological polar surface area (TPSA) is 31.4 Å². The van der Waals surface area contributed by atoms with Crippen molar-refractivity contribution in [3.63, 3.8) is 0 Å². The van der Waals surface area contributed by atoms with Crippen molar-refractivity contribution in [1.29, 1.82) is 0 Å². The SMILES string of the molecule is CCNc1nc(N(C)C2CCN(C)CC2)c(Cl)cc1Cl. The van der Waals surface area contributed by atoms with Crippen LogP contribution in [0.5, 0.6) is 0 Å². The second kappa shape index (κ2) is 6.83. The lowest BCUT2D eigenvalue weighted by Gasteiger charge is -2.36. The Morgan fingerprint density at radius 3 is 2.60 bits per heavy atom. The fourth-order valence-corrected chi connectivity index (χ4v) is 3.11. The van der Waals surface area contributed by atoms with Gasteiger partial charge in [0.1, 0.15) is 11.6 Å². The summed E-state index contributed by atoms with van der Waals surface area (Å²) in [5.74, 6) is 1.51. The van der Waals surface area contributed by atoms with Gasteiger partial charge in [0, 0.05) is 19.6 Å². The summed E-state index contributed by atoms with van der Waals surface area (Å²) in [5, 5.41) is 4.35. The summed E-state index contributed by atoms with van der Waals surface area (Å²) < 4.78 is 0. The van der Waals surface area contributed by atoms with Gasteiger partial charge in [-0.3, -0.25) is 0 Å². The molecule has 0 radical (unpaired) electrons. The Hall–Kier alpha value is -0.710. The number of hydrogen-bond acceptors (Lipinski definition) is 4. The van der Waals surface area contributed by atoms with Crippen molar-refractivity contribution in [2.45, 2.75) is 25.8 Å². The molecule has 1 aromatic heterocycles.